The Morgan fingerprint density at radius 1 is 1.05 bits per heavy atom. The van der Waals surface area contributed by atoms with Crippen molar-refractivity contribution in [1.82, 2.24) is 0 Å². The molecule has 1 nitrogen and oxygen atoms in total. The molecule has 0 amide bonds. The molecule has 0 radical (unpaired) electrons. The van der Waals surface area contributed by atoms with Crippen LogP contribution in [0.4, 0.5) is 4.39 Å². The topological polar surface area (TPSA) is 26.0 Å². The number of fused-ring (bicyclic) bond motifs is 1. The minimum atomic E-state index is -0.204. The van der Waals surface area contributed by atoms with Gasteiger partial charge in [-0.25, -0.2) is 4.39 Å². The molecule has 1 aliphatic rings. The summed E-state index contributed by atoms with van der Waals surface area (Å²) in [5.74, 6) is -0.204. The van der Waals surface area contributed by atoms with Gasteiger partial charge in [0.05, 0.1) is 4.47 Å². The fourth-order valence-electron chi connectivity index (χ4n) is 3.20. The standard InChI is InChI=1S/C17H17BrFN/c18-16-14(6-3-7-15(16)19)10-17(11-20)8-12-4-1-2-5-13(12)9-17/h1-7H,8-11,20H2. The van der Waals surface area contributed by atoms with E-state index in [0.717, 1.165) is 24.8 Å². The first-order valence-electron chi connectivity index (χ1n) is 6.83. The Balaban J connectivity index is 1.91. The lowest BCUT2D eigenvalue weighted by atomic mass is 9.79. The summed E-state index contributed by atoms with van der Waals surface area (Å²) in [6.07, 6.45) is 2.75. The van der Waals surface area contributed by atoms with Gasteiger partial charge in [-0.15, -0.1) is 0 Å². The second kappa shape index (κ2) is 5.30. The number of hydrogen-bond acceptors (Lipinski definition) is 1. The van der Waals surface area contributed by atoms with Crippen LogP contribution in [0.15, 0.2) is 46.9 Å². The molecule has 0 unspecified atom stereocenters. The average Bonchev–Trinajstić information content (AvgIpc) is 2.83. The van der Waals surface area contributed by atoms with E-state index >= 15 is 0 Å². The van der Waals surface area contributed by atoms with Gasteiger partial charge in [0.2, 0.25) is 0 Å². The first-order chi connectivity index (χ1) is 9.63. The van der Waals surface area contributed by atoms with Crippen molar-refractivity contribution >= 4 is 15.9 Å². The van der Waals surface area contributed by atoms with Gasteiger partial charge in [-0.1, -0.05) is 36.4 Å². The predicted octanol–water partition coefficient (Wildman–Crippen LogP) is 3.87. The molecule has 2 N–H and O–H groups in total. The summed E-state index contributed by atoms with van der Waals surface area (Å²) in [4.78, 5) is 0. The molecule has 1 aliphatic carbocycles. The summed E-state index contributed by atoms with van der Waals surface area (Å²) in [5.41, 5.74) is 9.85. The van der Waals surface area contributed by atoms with Crippen molar-refractivity contribution in [2.45, 2.75) is 19.3 Å². The zero-order valence-corrected chi connectivity index (χ0v) is 12.8. The van der Waals surface area contributed by atoms with Crippen LogP contribution in [0, 0.1) is 11.2 Å². The Morgan fingerprint density at radius 2 is 1.70 bits per heavy atom. The lowest BCUT2D eigenvalue weighted by Gasteiger charge is -2.28. The van der Waals surface area contributed by atoms with E-state index in [1.54, 1.807) is 6.07 Å². The maximum atomic E-state index is 13.7. The summed E-state index contributed by atoms with van der Waals surface area (Å²) in [7, 11) is 0. The Labute approximate surface area is 127 Å². The van der Waals surface area contributed by atoms with E-state index in [2.05, 4.69) is 40.2 Å². The van der Waals surface area contributed by atoms with Crippen LogP contribution in [-0.4, -0.2) is 6.54 Å². The van der Waals surface area contributed by atoms with Gasteiger partial charge >= 0.3 is 0 Å². The largest absolute Gasteiger partial charge is 0.330 e. The number of halogens is 2. The van der Waals surface area contributed by atoms with E-state index in [0.29, 0.717) is 11.0 Å². The third-order valence-corrected chi connectivity index (χ3v) is 5.17. The van der Waals surface area contributed by atoms with Crippen LogP contribution in [0.5, 0.6) is 0 Å². The quantitative estimate of drug-likeness (QED) is 0.906. The first kappa shape index (κ1) is 13.8. The maximum Gasteiger partial charge on any atom is 0.137 e. The molecule has 3 heteroatoms. The highest BCUT2D eigenvalue weighted by molar-refractivity contribution is 9.10. The summed E-state index contributed by atoms with van der Waals surface area (Å²) in [5, 5.41) is 0. The van der Waals surface area contributed by atoms with E-state index in [1.165, 1.54) is 17.2 Å². The molecule has 0 aliphatic heterocycles. The normalized spacial score (nSPS) is 16.1. The summed E-state index contributed by atoms with van der Waals surface area (Å²) < 4.78 is 14.2. The molecule has 0 heterocycles. The van der Waals surface area contributed by atoms with Crippen molar-refractivity contribution in [3.8, 4) is 0 Å². The molecule has 0 atom stereocenters. The fourth-order valence-corrected chi connectivity index (χ4v) is 3.61. The van der Waals surface area contributed by atoms with Crippen LogP contribution < -0.4 is 5.73 Å². The SMILES string of the molecule is NCC1(Cc2cccc(F)c2Br)Cc2ccccc2C1. The molecule has 2 aromatic rings. The van der Waals surface area contributed by atoms with Crippen LogP contribution in [0.2, 0.25) is 0 Å². The number of hydrogen-bond donors (Lipinski definition) is 1. The highest BCUT2D eigenvalue weighted by atomic mass is 79.9. The molecule has 0 bridgehead atoms. The lowest BCUT2D eigenvalue weighted by Crippen LogP contribution is -2.33. The molecular weight excluding hydrogens is 317 g/mol. The van der Waals surface area contributed by atoms with Crippen molar-refractivity contribution in [3.63, 3.8) is 0 Å². The maximum absolute atomic E-state index is 13.7. The minimum Gasteiger partial charge on any atom is -0.330 e. The van der Waals surface area contributed by atoms with Crippen molar-refractivity contribution in [2.24, 2.45) is 11.1 Å². The zero-order valence-electron chi connectivity index (χ0n) is 11.2. The van der Waals surface area contributed by atoms with E-state index in [9.17, 15) is 4.39 Å². The second-order valence-electron chi connectivity index (χ2n) is 5.72. The molecule has 0 saturated heterocycles. The van der Waals surface area contributed by atoms with E-state index in [1.807, 2.05) is 6.07 Å². The predicted molar refractivity (Wildman–Crippen MR) is 83.1 cm³/mol. The Bertz CT molecular complexity index is 614. The minimum absolute atomic E-state index is 0.0139. The summed E-state index contributed by atoms with van der Waals surface area (Å²) >= 11 is 3.36. The smallest absolute Gasteiger partial charge is 0.137 e. The molecule has 20 heavy (non-hydrogen) atoms. The molecule has 0 saturated carbocycles. The highest BCUT2D eigenvalue weighted by Gasteiger charge is 2.36. The van der Waals surface area contributed by atoms with Gasteiger partial charge in [-0.2, -0.15) is 0 Å². The van der Waals surface area contributed by atoms with Gasteiger partial charge in [0.15, 0.2) is 0 Å². The van der Waals surface area contributed by atoms with Gasteiger partial charge in [0.1, 0.15) is 5.82 Å². The van der Waals surface area contributed by atoms with Gasteiger partial charge in [0, 0.05) is 0 Å². The molecule has 0 fully saturated rings. The highest BCUT2D eigenvalue weighted by Crippen LogP contribution is 2.40. The van der Waals surface area contributed by atoms with Gasteiger partial charge in [0.25, 0.3) is 0 Å². The number of benzene rings is 2. The van der Waals surface area contributed by atoms with Gasteiger partial charge in [-0.3, -0.25) is 0 Å². The average molecular weight is 334 g/mol. The Morgan fingerprint density at radius 3 is 2.30 bits per heavy atom. The van der Waals surface area contributed by atoms with Gasteiger partial charge < -0.3 is 5.73 Å². The molecule has 104 valence electrons. The van der Waals surface area contributed by atoms with Crippen molar-refractivity contribution in [2.75, 3.05) is 6.54 Å². The molecule has 0 spiro atoms. The van der Waals surface area contributed by atoms with Gasteiger partial charge in [-0.05, 0) is 69.9 Å². The van der Waals surface area contributed by atoms with Crippen LogP contribution in [0.1, 0.15) is 16.7 Å². The second-order valence-corrected chi connectivity index (χ2v) is 6.51. The Hall–Kier alpha value is -1.19. The van der Waals surface area contributed by atoms with Crippen molar-refractivity contribution < 1.29 is 4.39 Å². The van der Waals surface area contributed by atoms with Crippen LogP contribution in [0.3, 0.4) is 0 Å². The zero-order chi connectivity index (χ0) is 14.2. The third-order valence-electron chi connectivity index (χ3n) is 4.28. The van der Waals surface area contributed by atoms with E-state index in [4.69, 9.17) is 5.73 Å². The molecule has 2 aromatic carbocycles. The van der Waals surface area contributed by atoms with Crippen LogP contribution >= 0.6 is 15.9 Å². The van der Waals surface area contributed by atoms with Crippen molar-refractivity contribution in [3.05, 3.63) is 69.4 Å². The van der Waals surface area contributed by atoms with E-state index in [-0.39, 0.29) is 11.2 Å². The molecular formula is C17H17BrFN. The van der Waals surface area contributed by atoms with E-state index < -0.39 is 0 Å². The van der Waals surface area contributed by atoms with Crippen LogP contribution in [0.25, 0.3) is 0 Å². The summed E-state index contributed by atoms with van der Waals surface area (Å²) in [6.45, 7) is 0.616. The molecule has 0 aromatic heterocycles. The molecule has 3 rings (SSSR count). The number of nitrogens with two attached hydrogens (primary N) is 1. The lowest BCUT2D eigenvalue weighted by molar-refractivity contribution is 0.314. The number of rotatable bonds is 3. The third kappa shape index (κ3) is 2.40. The van der Waals surface area contributed by atoms with Crippen LogP contribution in [-0.2, 0) is 19.3 Å². The van der Waals surface area contributed by atoms with Crippen molar-refractivity contribution in [1.29, 1.82) is 0 Å². The monoisotopic (exact) mass is 333 g/mol. The first-order valence-corrected chi connectivity index (χ1v) is 7.63. The summed E-state index contributed by atoms with van der Waals surface area (Å²) in [6, 6.07) is 13.7. The fraction of sp³-hybridized carbons (Fsp3) is 0.294. The Kier molecular flexibility index (Phi) is 3.65.